The van der Waals surface area contributed by atoms with Gasteiger partial charge in [0.1, 0.15) is 0 Å². The van der Waals surface area contributed by atoms with Crippen LogP contribution in [0.3, 0.4) is 0 Å². The number of aliphatic hydroxyl groups excluding tert-OH is 1. The molecule has 1 N–H and O–H groups in total. The van der Waals surface area contributed by atoms with Crippen LogP contribution in [-0.2, 0) is 6.54 Å². The third kappa shape index (κ3) is 3.15. The van der Waals surface area contributed by atoms with Gasteiger partial charge in [-0.3, -0.25) is 4.68 Å². The number of benzene rings is 1. The summed E-state index contributed by atoms with van der Waals surface area (Å²) in [5.41, 5.74) is 2.14. The Balaban J connectivity index is 1.96. The summed E-state index contributed by atoms with van der Waals surface area (Å²) < 4.78 is 1.83. The highest BCUT2D eigenvalue weighted by molar-refractivity contribution is 7.99. The van der Waals surface area contributed by atoms with Gasteiger partial charge in [0.05, 0.1) is 12.3 Å². The van der Waals surface area contributed by atoms with E-state index in [1.165, 1.54) is 10.5 Å². The molecule has 0 spiro atoms. The first-order valence-electron chi connectivity index (χ1n) is 6.09. The number of aliphatic hydroxyl groups is 1. The number of aryl methyl sites for hydroxylation is 2. The van der Waals surface area contributed by atoms with E-state index in [4.69, 9.17) is 0 Å². The molecule has 0 saturated carbocycles. The second-order valence-electron chi connectivity index (χ2n) is 4.22. The second-order valence-corrected chi connectivity index (χ2v) is 5.28. The molecule has 1 aromatic heterocycles. The van der Waals surface area contributed by atoms with Crippen LogP contribution in [0, 0.1) is 6.92 Å². The first-order chi connectivity index (χ1) is 8.70. The van der Waals surface area contributed by atoms with Crippen LogP contribution in [0.4, 0.5) is 0 Å². The van der Waals surface area contributed by atoms with Gasteiger partial charge in [-0.15, -0.1) is 11.8 Å². The van der Waals surface area contributed by atoms with Gasteiger partial charge in [0, 0.05) is 29.0 Å². The fourth-order valence-electron chi connectivity index (χ4n) is 1.71. The zero-order valence-electron chi connectivity index (χ0n) is 10.7. The van der Waals surface area contributed by atoms with E-state index in [9.17, 15) is 5.11 Å². The summed E-state index contributed by atoms with van der Waals surface area (Å²) in [6, 6.07) is 8.23. The van der Waals surface area contributed by atoms with Crippen molar-refractivity contribution in [3.63, 3.8) is 0 Å². The zero-order chi connectivity index (χ0) is 13.0. The molecule has 3 nitrogen and oxygen atoms in total. The van der Waals surface area contributed by atoms with Crippen molar-refractivity contribution in [1.82, 2.24) is 9.78 Å². The van der Waals surface area contributed by atoms with Crippen molar-refractivity contribution >= 4 is 11.8 Å². The molecule has 0 amide bonds. The monoisotopic (exact) mass is 262 g/mol. The molecule has 0 aliphatic heterocycles. The van der Waals surface area contributed by atoms with E-state index in [1.54, 1.807) is 18.0 Å². The van der Waals surface area contributed by atoms with Crippen molar-refractivity contribution in [3.8, 4) is 0 Å². The Bertz CT molecular complexity index is 510. The quantitative estimate of drug-likeness (QED) is 0.842. The minimum absolute atomic E-state index is 0.463. The van der Waals surface area contributed by atoms with Gasteiger partial charge in [-0.25, -0.2) is 0 Å². The lowest BCUT2D eigenvalue weighted by Gasteiger charge is -2.09. The van der Waals surface area contributed by atoms with Crippen molar-refractivity contribution in [2.75, 3.05) is 5.75 Å². The average molecular weight is 262 g/mol. The second kappa shape index (κ2) is 6.07. The highest BCUT2D eigenvalue weighted by atomic mass is 32.2. The number of thioether (sulfide) groups is 1. The Morgan fingerprint density at radius 1 is 1.39 bits per heavy atom. The molecule has 0 bridgehead atoms. The molecule has 0 aliphatic carbocycles. The standard InChI is InChI=1S/C14H18N2OS/c1-3-16-9-12(8-15-16)13(17)10-18-14-7-5-4-6-11(14)2/h4-9,13,17H,3,10H2,1-2H3. The summed E-state index contributed by atoms with van der Waals surface area (Å²) in [7, 11) is 0. The molecule has 1 aromatic carbocycles. The molecular formula is C14H18N2OS. The van der Waals surface area contributed by atoms with E-state index in [-0.39, 0.29) is 0 Å². The molecule has 2 aromatic rings. The van der Waals surface area contributed by atoms with Gasteiger partial charge in [0.2, 0.25) is 0 Å². The van der Waals surface area contributed by atoms with E-state index in [0.29, 0.717) is 5.75 Å². The number of nitrogens with zero attached hydrogens (tertiary/aromatic N) is 2. The minimum Gasteiger partial charge on any atom is -0.387 e. The summed E-state index contributed by atoms with van der Waals surface area (Å²) in [5, 5.41) is 14.3. The fraction of sp³-hybridized carbons (Fsp3) is 0.357. The number of hydrogen-bond acceptors (Lipinski definition) is 3. The highest BCUT2D eigenvalue weighted by Gasteiger charge is 2.11. The highest BCUT2D eigenvalue weighted by Crippen LogP contribution is 2.26. The molecule has 0 radical (unpaired) electrons. The Morgan fingerprint density at radius 2 is 2.17 bits per heavy atom. The summed E-state index contributed by atoms with van der Waals surface area (Å²) in [4.78, 5) is 1.22. The van der Waals surface area contributed by atoms with Crippen LogP contribution in [0.15, 0.2) is 41.6 Å². The van der Waals surface area contributed by atoms with E-state index in [1.807, 2.05) is 29.9 Å². The molecule has 18 heavy (non-hydrogen) atoms. The van der Waals surface area contributed by atoms with Crippen LogP contribution >= 0.6 is 11.8 Å². The third-order valence-corrected chi connectivity index (χ3v) is 4.10. The molecule has 96 valence electrons. The maximum absolute atomic E-state index is 10.1. The van der Waals surface area contributed by atoms with E-state index >= 15 is 0 Å². The third-order valence-electron chi connectivity index (χ3n) is 2.85. The molecule has 4 heteroatoms. The van der Waals surface area contributed by atoms with Crippen molar-refractivity contribution in [2.45, 2.75) is 31.4 Å². The number of rotatable bonds is 5. The summed E-state index contributed by atoms with van der Waals surface area (Å²) in [5.74, 6) is 0.653. The molecule has 0 fully saturated rings. The molecule has 1 heterocycles. The SMILES string of the molecule is CCn1cc(C(O)CSc2ccccc2C)cn1. The van der Waals surface area contributed by atoms with Gasteiger partial charge in [-0.05, 0) is 25.5 Å². The predicted octanol–water partition coefficient (Wildman–Crippen LogP) is 3.04. The first kappa shape index (κ1) is 13.2. The van der Waals surface area contributed by atoms with Crippen LogP contribution < -0.4 is 0 Å². The van der Waals surface area contributed by atoms with E-state index < -0.39 is 6.10 Å². The molecule has 0 saturated heterocycles. The Morgan fingerprint density at radius 3 is 2.83 bits per heavy atom. The maximum Gasteiger partial charge on any atom is 0.0914 e. The first-order valence-corrected chi connectivity index (χ1v) is 7.08. The van der Waals surface area contributed by atoms with Gasteiger partial charge >= 0.3 is 0 Å². The van der Waals surface area contributed by atoms with Crippen LogP contribution in [-0.4, -0.2) is 20.6 Å². The summed E-state index contributed by atoms with van der Waals surface area (Å²) in [6.07, 6.45) is 3.19. The fourth-order valence-corrected chi connectivity index (χ4v) is 2.71. The lowest BCUT2D eigenvalue weighted by Crippen LogP contribution is -2.00. The van der Waals surface area contributed by atoms with Gasteiger partial charge < -0.3 is 5.11 Å². The topological polar surface area (TPSA) is 38.0 Å². The van der Waals surface area contributed by atoms with Crippen molar-refractivity contribution < 1.29 is 5.11 Å². The number of aromatic nitrogens is 2. The Labute approximate surface area is 112 Å². The van der Waals surface area contributed by atoms with Gasteiger partial charge in [0.25, 0.3) is 0 Å². The average Bonchev–Trinajstić information content (AvgIpc) is 2.86. The molecule has 2 rings (SSSR count). The van der Waals surface area contributed by atoms with E-state index in [2.05, 4.69) is 24.2 Å². The normalized spacial score (nSPS) is 12.6. The van der Waals surface area contributed by atoms with Crippen LogP contribution in [0.5, 0.6) is 0 Å². The molecular weight excluding hydrogens is 244 g/mol. The van der Waals surface area contributed by atoms with Crippen LogP contribution in [0.25, 0.3) is 0 Å². The van der Waals surface area contributed by atoms with Gasteiger partial charge in [-0.2, -0.15) is 5.10 Å². The Hall–Kier alpha value is -1.26. The minimum atomic E-state index is -0.463. The smallest absolute Gasteiger partial charge is 0.0914 e. The largest absolute Gasteiger partial charge is 0.387 e. The zero-order valence-corrected chi connectivity index (χ0v) is 11.5. The Kier molecular flexibility index (Phi) is 4.44. The van der Waals surface area contributed by atoms with E-state index in [0.717, 1.165) is 12.1 Å². The molecule has 0 aliphatic rings. The van der Waals surface area contributed by atoms with Crippen molar-refractivity contribution in [2.24, 2.45) is 0 Å². The van der Waals surface area contributed by atoms with Crippen molar-refractivity contribution in [3.05, 3.63) is 47.8 Å². The lowest BCUT2D eigenvalue weighted by molar-refractivity contribution is 0.204. The maximum atomic E-state index is 10.1. The van der Waals surface area contributed by atoms with Crippen LogP contribution in [0.2, 0.25) is 0 Å². The lowest BCUT2D eigenvalue weighted by atomic mass is 10.2. The van der Waals surface area contributed by atoms with Gasteiger partial charge in [0.15, 0.2) is 0 Å². The van der Waals surface area contributed by atoms with Gasteiger partial charge in [-0.1, -0.05) is 18.2 Å². The van der Waals surface area contributed by atoms with Crippen molar-refractivity contribution in [1.29, 1.82) is 0 Å². The molecule has 1 atom stereocenters. The summed E-state index contributed by atoms with van der Waals surface area (Å²) in [6.45, 7) is 4.95. The molecule has 1 unspecified atom stereocenters. The predicted molar refractivity (Wildman–Crippen MR) is 74.8 cm³/mol. The number of hydrogen-bond donors (Lipinski definition) is 1. The summed E-state index contributed by atoms with van der Waals surface area (Å²) >= 11 is 1.68. The van der Waals surface area contributed by atoms with Crippen LogP contribution in [0.1, 0.15) is 24.2 Å².